The fourth-order valence-electron chi connectivity index (χ4n) is 1.96. The zero-order valence-corrected chi connectivity index (χ0v) is 12.4. The van der Waals surface area contributed by atoms with E-state index in [0.29, 0.717) is 5.82 Å². The largest absolute Gasteiger partial charge is 0.240 e. The average Bonchev–Trinajstić information content (AvgIpc) is 3.09. The van der Waals surface area contributed by atoms with Crippen molar-refractivity contribution in [3.8, 4) is 5.82 Å². The van der Waals surface area contributed by atoms with Gasteiger partial charge < -0.3 is 0 Å². The zero-order valence-electron chi connectivity index (χ0n) is 11.6. The fourth-order valence-corrected chi connectivity index (χ4v) is 3.00. The number of sulfonamides is 1. The molecule has 0 radical (unpaired) electrons. The minimum Gasteiger partial charge on any atom is -0.237 e. The van der Waals surface area contributed by atoms with Crippen molar-refractivity contribution in [2.45, 2.75) is 11.4 Å². The maximum atomic E-state index is 12.2. The first-order chi connectivity index (χ1) is 10.6. The minimum absolute atomic E-state index is 0.189. The third kappa shape index (κ3) is 3.21. The summed E-state index contributed by atoms with van der Waals surface area (Å²) in [4.78, 5) is 4.45. The maximum absolute atomic E-state index is 12.2. The van der Waals surface area contributed by atoms with E-state index in [1.54, 1.807) is 71.8 Å². The molecule has 0 aliphatic carbocycles. The number of rotatable bonds is 5. The second-order valence-electron chi connectivity index (χ2n) is 4.61. The monoisotopic (exact) mass is 314 g/mol. The molecule has 3 rings (SSSR count). The van der Waals surface area contributed by atoms with Gasteiger partial charge in [-0.15, -0.1) is 0 Å². The highest BCUT2D eigenvalue weighted by Crippen LogP contribution is 2.10. The molecule has 1 N–H and O–H groups in total. The Hall–Kier alpha value is -2.51. The van der Waals surface area contributed by atoms with Crippen LogP contribution in [0.25, 0.3) is 5.82 Å². The summed E-state index contributed by atoms with van der Waals surface area (Å²) in [6.45, 7) is 0.189. The lowest BCUT2D eigenvalue weighted by atomic mass is 10.2. The molecule has 0 atom stereocenters. The van der Waals surface area contributed by atoms with Gasteiger partial charge in [0.25, 0.3) is 0 Å². The second-order valence-corrected chi connectivity index (χ2v) is 6.38. The first kappa shape index (κ1) is 14.4. The first-order valence-corrected chi connectivity index (χ1v) is 8.13. The van der Waals surface area contributed by atoms with E-state index in [1.165, 1.54) is 0 Å². The molecule has 0 fully saturated rings. The predicted octanol–water partition coefficient (Wildman–Crippen LogP) is 1.75. The quantitative estimate of drug-likeness (QED) is 0.778. The molecule has 0 aliphatic rings. The molecule has 112 valence electrons. The molecule has 0 saturated heterocycles. The van der Waals surface area contributed by atoms with Crippen molar-refractivity contribution in [1.82, 2.24) is 19.5 Å². The third-order valence-corrected chi connectivity index (χ3v) is 4.49. The van der Waals surface area contributed by atoms with Crippen molar-refractivity contribution in [2.75, 3.05) is 0 Å². The normalized spacial score (nSPS) is 11.5. The number of pyridine rings is 1. The number of hydrogen-bond donors (Lipinski definition) is 1. The minimum atomic E-state index is -3.52. The molecule has 22 heavy (non-hydrogen) atoms. The highest BCUT2D eigenvalue weighted by Gasteiger charge is 2.12. The van der Waals surface area contributed by atoms with Crippen LogP contribution in [0.5, 0.6) is 0 Å². The van der Waals surface area contributed by atoms with Gasteiger partial charge in [-0.2, -0.15) is 5.10 Å². The molecule has 2 heterocycles. The first-order valence-electron chi connectivity index (χ1n) is 6.65. The standard InChI is InChI=1S/C15H14N4O2S/c20-22(21,14-5-2-1-3-6-14)18-12-13-7-9-16-15(11-13)19-10-4-8-17-19/h1-11,18H,12H2. The Kier molecular flexibility index (Phi) is 3.99. The molecule has 0 saturated carbocycles. The Morgan fingerprint density at radius 3 is 2.59 bits per heavy atom. The van der Waals surface area contributed by atoms with Gasteiger partial charge in [0.05, 0.1) is 4.90 Å². The summed E-state index contributed by atoms with van der Waals surface area (Å²) in [5, 5.41) is 4.10. The molecular weight excluding hydrogens is 300 g/mol. The summed E-state index contributed by atoms with van der Waals surface area (Å²) in [7, 11) is -3.52. The summed E-state index contributed by atoms with van der Waals surface area (Å²) in [5.41, 5.74) is 0.806. The van der Waals surface area contributed by atoms with Crippen molar-refractivity contribution >= 4 is 10.0 Å². The predicted molar refractivity (Wildman–Crippen MR) is 81.8 cm³/mol. The van der Waals surface area contributed by atoms with Gasteiger partial charge in [0, 0.05) is 25.1 Å². The molecule has 3 aromatic rings. The molecule has 1 aromatic carbocycles. The molecule has 0 spiro atoms. The Morgan fingerprint density at radius 1 is 1.05 bits per heavy atom. The van der Waals surface area contributed by atoms with Crippen molar-refractivity contribution < 1.29 is 8.42 Å². The SMILES string of the molecule is O=S(=O)(NCc1ccnc(-n2cccn2)c1)c1ccccc1. The van der Waals surface area contributed by atoms with Crippen molar-refractivity contribution in [2.24, 2.45) is 0 Å². The molecule has 0 amide bonds. The van der Waals surface area contributed by atoms with Crippen LogP contribution in [0.2, 0.25) is 0 Å². The molecule has 7 heteroatoms. The Labute approximate surface area is 128 Å². The van der Waals surface area contributed by atoms with E-state index < -0.39 is 10.0 Å². The summed E-state index contributed by atoms with van der Waals surface area (Å²) >= 11 is 0. The maximum Gasteiger partial charge on any atom is 0.240 e. The Morgan fingerprint density at radius 2 is 1.86 bits per heavy atom. The Balaban J connectivity index is 1.76. The zero-order chi connectivity index (χ0) is 15.4. The summed E-state index contributed by atoms with van der Waals surface area (Å²) in [6, 6.07) is 13.6. The van der Waals surface area contributed by atoms with Crippen LogP contribution in [0.1, 0.15) is 5.56 Å². The number of nitrogens with one attached hydrogen (secondary N) is 1. The van der Waals surface area contributed by atoms with Crippen LogP contribution in [-0.4, -0.2) is 23.2 Å². The fraction of sp³-hybridized carbons (Fsp3) is 0.0667. The lowest BCUT2D eigenvalue weighted by molar-refractivity contribution is 0.581. The molecule has 0 aliphatic heterocycles. The molecule has 6 nitrogen and oxygen atoms in total. The van der Waals surface area contributed by atoms with Crippen LogP contribution < -0.4 is 4.72 Å². The van der Waals surface area contributed by atoms with Gasteiger partial charge >= 0.3 is 0 Å². The molecule has 2 aromatic heterocycles. The van der Waals surface area contributed by atoms with Gasteiger partial charge in [-0.25, -0.2) is 22.8 Å². The summed E-state index contributed by atoms with van der Waals surface area (Å²) in [5.74, 6) is 0.640. The van der Waals surface area contributed by atoms with Gasteiger partial charge in [-0.05, 0) is 35.9 Å². The lowest BCUT2D eigenvalue weighted by Crippen LogP contribution is -2.23. The van der Waals surface area contributed by atoms with Crippen molar-refractivity contribution in [3.63, 3.8) is 0 Å². The van der Waals surface area contributed by atoms with Gasteiger partial charge in [-0.1, -0.05) is 18.2 Å². The van der Waals surface area contributed by atoms with E-state index in [4.69, 9.17) is 0 Å². The number of hydrogen-bond acceptors (Lipinski definition) is 4. The van der Waals surface area contributed by atoms with Gasteiger partial charge in [0.1, 0.15) is 0 Å². The van der Waals surface area contributed by atoms with Crippen LogP contribution in [0, 0.1) is 0 Å². The highest BCUT2D eigenvalue weighted by atomic mass is 32.2. The van der Waals surface area contributed by atoms with Crippen molar-refractivity contribution in [1.29, 1.82) is 0 Å². The Bertz CT molecular complexity index is 846. The topological polar surface area (TPSA) is 76.9 Å². The second kappa shape index (κ2) is 6.08. The van der Waals surface area contributed by atoms with Crippen molar-refractivity contribution in [3.05, 3.63) is 72.7 Å². The lowest BCUT2D eigenvalue weighted by Gasteiger charge is -2.08. The number of benzene rings is 1. The van der Waals surface area contributed by atoms with E-state index in [9.17, 15) is 8.42 Å². The van der Waals surface area contributed by atoms with Crippen LogP contribution in [0.4, 0.5) is 0 Å². The summed E-state index contributed by atoms with van der Waals surface area (Å²) in [6.07, 6.45) is 5.07. The molecule has 0 bridgehead atoms. The van der Waals surface area contributed by atoms with E-state index >= 15 is 0 Å². The van der Waals surface area contributed by atoms with Crippen LogP contribution in [-0.2, 0) is 16.6 Å². The van der Waals surface area contributed by atoms with Crippen LogP contribution >= 0.6 is 0 Å². The highest BCUT2D eigenvalue weighted by molar-refractivity contribution is 7.89. The van der Waals surface area contributed by atoms with E-state index in [-0.39, 0.29) is 11.4 Å². The third-order valence-electron chi connectivity index (χ3n) is 3.07. The van der Waals surface area contributed by atoms with Gasteiger partial charge in [0.15, 0.2) is 5.82 Å². The molecule has 0 unspecified atom stereocenters. The summed E-state index contributed by atoms with van der Waals surface area (Å²) < 4.78 is 28.5. The molecular formula is C15H14N4O2S. The van der Waals surface area contributed by atoms with E-state index in [1.807, 2.05) is 0 Å². The van der Waals surface area contributed by atoms with E-state index in [0.717, 1.165) is 5.56 Å². The average molecular weight is 314 g/mol. The number of nitrogens with zero attached hydrogens (tertiary/aromatic N) is 3. The van der Waals surface area contributed by atoms with Crippen LogP contribution in [0.15, 0.2) is 72.0 Å². The van der Waals surface area contributed by atoms with Gasteiger partial charge in [0.2, 0.25) is 10.0 Å². The van der Waals surface area contributed by atoms with E-state index in [2.05, 4.69) is 14.8 Å². The smallest absolute Gasteiger partial charge is 0.237 e. The van der Waals surface area contributed by atoms with Gasteiger partial charge in [-0.3, -0.25) is 0 Å². The number of aromatic nitrogens is 3. The van der Waals surface area contributed by atoms with Crippen LogP contribution in [0.3, 0.4) is 0 Å².